The van der Waals surface area contributed by atoms with Crippen LogP contribution in [0.5, 0.6) is 0 Å². The second kappa shape index (κ2) is 9.27. The van der Waals surface area contributed by atoms with Gasteiger partial charge in [0.2, 0.25) is 0 Å². The third-order valence-corrected chi connectivity index (χ3v) is 5.28. The van der Waals surface area contributed by atoms with Crippen LogP contribution < -0.4 is 10.6 Å². The number of rotatable bonds is 5. The Morgan fingerprint density at radius 3 is 2.52 bits per heavy atom. The van der Waals surface area contributed by atoms with Gasteiger partial charge in [0.05, 0.1) is 5.56 Å². The lowest BCUT2D eigenvalue weighted by atomic mass is 10.2. The summed E-state index contributed by atoms with van der Waals surface area (Å²) in [4.78, 5) is 27.9. The molecular weight excluding hydrogens is 405 g/mol. The minimum Gasteiger partial charge on any atom is -0.351 e. The monoisotopic (exact) mass is 426 g/mol. The molecule has 0 aliphatic carbocycles. The van der Waals surface area contributed by atoms with E-state index in [1.807, 2.05) is 5.38 Å². The Kier molecular flexibility index (Phi) is 6.75. The van der Waals surface area contributed by atoms with Gasteiger partial charge in [-0.25, -0.2) is 4.79 Å². The highest BCUT2D eigenvalue weighted by Crippen LogP contribution is 2.30. The van der Waals surface area contributed by atoms with Gasteiger partial charge in [0.25, 0.3) is 5.91 Å². The van der Waals surface area contributed by atoms with E-state index in [9.17, 15) is 22.8 Å². The van der Waals surface area contributed by atoms with Crippen LogP contribution in [0.1, 0.15) is 15.9 Å². The normalized spacial score (nSPS) is 15.2. The van der Waals surface area contributed by atoms with Gasteiger partial charge in [-0.1, -0.05) is 6.07 Å². The zero-order valence-electron chi connectivity index (χ0n) is 15.5. The van der Waals surface area contributed by atoms with E-state index in [2.05, 4.69) is 15.5 Å². The number of carbonyl (C=O) groups excluding carboxylic acids is 2. The van der Waals surface area contributed by atoms with Gasteiger partial charge in [-0.2, -0.15) is 24.5 Å². The summed E-state index contributed by atoms with van der Waals surface area (Å²) in [7, 11) is 0. The van der Waals surface area contributed by atoms with Crippen LogP contribution in [0.4, 0.5) is 23.7 Å². The number of piperazine rings is 1. The van der Waals surface area contributed by atoms with Crippen molar-refractivity contribution < 1.29 is 22.8 Å². The number of alkyl halides is 3. The lowest BCUT2D eigenvalue weighted by molar-refractivity contribution is -0.137. The van der Waals surface area contributed by atoms with Gasteiger partial charge >= 0.3 is 12.2 Å². The Morgan fingerprint density at radius 2 is 1.86 bits per heavy atom. The van der Waals surface area contributed by atoms with Gasteiger partial charge in [-0.15, -0.1) is 0 Å². The highest BCUT2D eigenvalue weighted by molar-refractivity contribution is 7.08. The molecule has 0 bridgehead atoms. The minimum atomic E-state index is -4.45. The first-order valence-corrected chi connectivity index (χ1v) is 10.0. The van der Waals surface area contributed by atoms with Crippen LogP contribution in [-0.2, 0) is 6.18 Å². The second-order valence-corrected chi connectivity index (χ2v) is 7.39. The molecule has 3 amide bonds. The van der Waals surface area contributed by atoms with Gasteiger partial charge in [0, 0.05) is 55.9 Å². The number of hydrogen-bond donors (Lipinski definition) is 2. The summed E-state index contributed by atoms with van der Waals surface area (Å²) in [6.07, 6.45) is -4.45. The average Bonchev–Trinajstić information content (AvgIpc) is 3.23. The summed E-state index contributed by atoms with van der Waals surface area (Å²) < 4.78 is 38.3. The van der Waals surface area contributed by atoms with E-state index in [0.29, 0.717) is 44.8 Å². The zero-order chi connectivity index (χ0) is 20.9. The molecule has 0 saturated carbocycles. The van der Waals surface area contributed by atoms with Crippen LogP contribution in [-0.4, -0.2) is 61.0 Å². The number of halogens is 3. The summed E-state index contributed by atoms with van der Waals surface area (Å²) in [5.41, 5.74) is -0.0425. The first kappa shape index (κ1) is 21.1. The van der Waals surface area contributed by atoms with Crippen molar-refractivity contribution in [2.45, 2.75) is 6.18 Å². The Morgan fingerprint density at radius 1 is 1.10 bits per heavy atom. The van der Waals surface area contributed by atoms with Crippen LogP contribution in [0.3, 0.4) is 0 Å². The number of amides is 3. The molecule has 2 N–H and O–H groups in total. The van der Waals surface area contributed by atoms with Crippen molar-refractivity contribution >= 4 is 29.0 Å². The summed E-state index contributed by atoms with van der Waals surface area (Å²) in [6.45, 7) is 3.35. The fourth-order valence-corrected chi connectivity index (χ4v) is 3.61. The summed E-state index contributed by atoms with van der Waals surface area (Å²) in [5, 5.41) is 9.02. The summed E-state index contributed by atoms with van der Waals surface area (Å²) in [5.74, 6) is -0.106. The van der Waals surface area contributed by atoms with Crippen LogP contribution in [0.2, 0.25) is 0 Å². The number of anilines is 1. The van der Waals surface area contributed by atoms with E-state index < -0.39 is 17.8 Å². The lowest BCUT2D eigenvalue weighted by Crippen LogP contribution is -2.51. The maximum absolute atomic E-state index is 12.8. The third kappa shape index (κ3) is 5.94. The number of thiophene rings is 1. The van der Waals surface area contributed by atoms with Crippen molar-refractivity contribution in [1.29, 1.82) is 0 Å². The average molecular weight is 426 g/mol. The molecule has 2 heterocycles. The molecule has 1 aromatic heterocycles. The lowest BCUT2D eigenvalue weighted by Gasteiger charge is -2.34. The fraction of sp³-hybridized carbons (Fsp3) is 0.368. The zero-order valence-corrected chi connectivity index (χ0v) is 16.4. The molecule has 3 rings (SSSR count). The molecule has 6 nitrogen and oxygen atoms in total. The Labute approximate surface area is 170 Å². The van der Waals surface area contributed by atoms with Gasteiger partial charge in [-0.3, -0.25) is 9.69 Å². The van der Waals surface area contributed by atoms with Crippen LogP contribution >= 0.6 is 11.3 Å². The molecule has 2 aromatic rings. The van der Waals surface area contributed by atoms with E-state index in [4.69, 9.17) is 0 Å². The van der Waals surface area contributed by atoms with Crippen LogP contribution in [0, 0.1) is 0 Å². The van der Waals surface area contributed by atoms with Crippen LogP contribution in [0.15, 0.2) is 41.1 Å². The predicted octanol–water partition coefficient (Wildman–Crippen LogP) is 3.35. The molecule has 29 heavy (non-hydrogen) atoms. The van der Waals surface area contributed by atoms with E-state index in [1.54, 1.807) is 16.3 Å². The maximum Gasteiger partial charge on any atom is 0.416 e. The number of benzene rings is 1. The number of nitrogens with zero attached hydrogens (tertiary/aromatic N) is 2. The molecular formula is C19H21F3N4O2S. The third-order valence-electron chi connectivity index (χ3n) is 4.60. The first-order valence-electron chi connectivity index (χ1n) is 9.09. The first-order chi connectivity index (χ1) is 13.8. The van der Waals surface area contributed by atoms with Gasteiger partial charge < -0.3 is 15.5 Å². The Balaban J connectivity index is 1.41. The van der Waals surface area contributed by atoms with Gasteiger partial charge in [0.1, 0.15) is 0 Å². The number of nitrogens with one attached hydrogen (secondary N) is 2. The SMILES string of the molecule is O=C(NCCN1CCN(C(=O)Nc2cccc(C(F)(F)F)c2)CC1)c1ccsc1. The second-order valence-electron chi connectivity index (χ2n) is 6.61. The van der Waals surface area contributed by atoms with Crippen molar-refractivity contribution in [3.8, 4) is 0 Å². The fourth-order valence-electron chi connectivity index (χ4n) is 2.97. The molecule has 0 unspecified atom stereocenters. The van der Waals surface area contributed by atoms with Gasteiger partial charge in [-0.05, 0) is 29.6 Å². The van der Waals surface area contributed by atoms with Crippen molar-refractivity contribution in [3.63, 3.8) is 0 Å². The highest BCUT2D eigenvalue weighted by Gasteiger charge is 2.30. The molecule has 0 radical (unpaired) electrons. The molecule has 1 aliphatic heterocycles. The van der Waals surface area contributed by atoms with E-state index in [1.165, 1.54) is 23.5 Å². The molecule has 1 aromatic carbocycles. The van der Waals surface area contributed by atoms with Crippen molar-refractivity contribution in [2.75, 3.05) is 44.6 Å². The number of hydrogen-bond acceptors (Lipinski definition) is 4. The maximum atomic E-state index is 12.8. The van der Waals surface area contributed by atoms with E-state index in [0.717, 1.165) is 12.1 Å². The summed E-state index contributed by atoms with van der Waals surface area (Å²) in [6, 6.07) is 5.92. The Hall–Kier alpha value is -2.59. The van der Waals surface area contributed by atoms with Gasteiger partial charge in [0.15, 0.2) is 0 Å². The molecule has 10 heteroatoms. The van der Waals surface area contributed by atoms with Crippen molar-refractivity contribution in [3.05, 3.63) is 52.2 Å². The van der Waals surface area contributed by atoms with E-state index in [-0.39, 0.29) is 11.6 Å². The standard InChI is InChI=1S/C19H21F3N4O2S/c20-19(21,22)15-2-1-3-16(12-15)24-18(28)26-9-7-25(8-10-26)6-5-23-17(27)14-4-11-29-13-14/h1-4,11-13H,5-10H2,(H,23,27)(H,24,28). The molecule has 156 valence electrons. The largest absolute Gasteiger partial charge is 0.416 e. The topological polar surface area (TPSA) is 64.7 Å². The van der Waals surface area contributed by atoms with Crippen molar-refractivity contribution in [2.24, 2.45) is 0 Å². The van der Waals surface area contributed by atoms with Crippen molar-refractivity contribution in [1.82, 2.24) is 15.1 Å². The molecule has 1 saturated heterocycles. The quantitative estimate of drug-likeness (QED) is 0.771. The van der Waals surface area contributed by atoms with E-state index >= 15 is 0 Å². The smallest absolute Gasteiger partial charge is 0.351 e. The number of carbonyl (C=O) groups is 2. The molecule has 0 spiro atoms. The molecule has 1 fully saturated rings. The summed E-state index contributed by atoms with van der Waals surface area (Å²) >= 11 is 1.46. The Bertz CT molecular complexity index is 834. The van der Waals surface area contributed by atoms with Crippen LogP contribution in [0.25, 0.3) is 0 Å². The minimum absolute atomic E-state index is 0.106. The molecule has 0 atom stereocenters. The predicted molar refractivity (Wildman–Crippen MR) is 105 cm³/mol. The molecule has 1 aliphatic rings. The number of urea groups is 1. The highest BCUT2D eigenvalue weighted by atomic mass is 32.1.